The van der Waals surface area contributed by atoms with Crippen LogP contribution in [0.4, 0.5) is 11.5 Å². The van der Waals surface area contributed by atoms with Gasteiger partial charge in [-0.1, -0.05) is 6.07 Å². The van der Waals surface area contributed by atoms with Gasteiger partial charge in [-0.05, 0) is 37.1 Å². The van der Waals surface area contributed by atoms with Crippen LogP contribution in [0.2, 0.25) is 0 Å². The number of anilines is 2. The summed E-state index contributed by atoms with van der Waals surface area (Å²) in [6.07, 6.45) is 11.0. The molecule has 1 aliphatic rings. The highest BCUT2D eigenvalue weighted by Gasteiger charge is 2.30. The molecule has 0 saturated carbocycles. The van der Waals surface area contributed by atoms with Crippen molar-refractivity contribution in [2.24, 2.45) is 7.05 Å². The number of nitrogens with zero attached hydrogens (tertiary/aromatic N) is 7. The van der Waals surface area contributed by atoms with E-state index in [1.165, 1.54) is 4.52 Å². The van der Waals surface area contributed by atoms with Crippen molar-refractivity contribution in [3.8, 4) is 22.4 Å². The first-order valence-electron chi connectivity index (χ1n) is 12.7. The van der Waals surface area contributed by atoms with Gasteiger partial charge in [0.15, 0.2) is 17.6 Å². The zero-order valence-electron chi connectivity index (χ0n) is 21.4. The summed E-state index contributed by atoms with van der Waals surface area (Å²) in [4.78, 5) is 40.5. The van der Waals surface area contributed by atoms with Gasteiger partial charge < -0.3 is 20.9 Å². The summed E-state index contributed by atoms with van der Waals surface area (Å²) in [6.45, 7) is 0.975. The van der Waals surface area contributed by atoms with Gasteiger partial charge in [0.05, 0.1) is 28.8 Å². The maximum atomic E-state index is 13.0. The molecule has 0 aliphatic carbocycles. The second-order valence-electron chi connectivity index (χ2n) is 9.71. The van der Waals surface area contributed by atoms with Gasteiger partial charge in [0, 0.05) is 67.5 Å². The van der Waals surface area contributed by atoms with E-state index in [0.29, 0.717) is 48.5 Å². The van der Waals surface area contributed by atoms with E-state index in [2.05, 4.69) is 15.1 Å². The van der Waals surface area contributed by atoms with Crippen LogP contribution in [0.5, 0.6) is 0 Å². The molecule has 39 heavy (non-hydrogen) atoms. The van der Waals surface area contributed by atoms with Crippen LogP contribution in [-0.2, 0) is 7.05 Å². The second kappa shape index (κ2) is 9.67. The van der Waals surface area contributed by atoms with Gasteiger partial charge in [-0.3, -0.25) is 14.6 Å². The van der Waals surface area contributed by atoms with E-state index in [9.17, 15) is 9.59 Å². The van der Waals surface area contributed by atoms with Crippen molar-refractivity contribution in [1.29, 1.82) is 0 Å². The molecule has 1 aliphatic heterocycles. The van der Waals surface area contributed by atoms with Gasteiger partial charge in [-0.15, -0.1) is 0 Å². The quantitative estimate of drug-likeness (QED) is 0.335. The molecule has 5 aromatic heterocycles. The van der Waals surface area contributed by atoms with Crippen LogP contribution in [-0.4, -0.2) is 59.3 Å². The molecular formula is C28H27N9O2. The fourth-order valence-corrected chi connectivity index (χ4v) is 5.16. The number of fused-ring (bicyclic) bond motifs is 1. The normalized spacial score (nSPS) is 14.1. The molecule has 0 radical (unpaired) electrons. The summed E-state index contributed by atoms with van der Waals surface area (Å²) in [5.74, 6) is -0.0107. The average molecular weight is 522 g/mol. The standard InChI is InChI=1S/C28H27N9O2/c1-35-10-6-19(15-35)23-5-4-18(13-32-23)20-14-33-37-26(30)21(16-38)24(34-27(20)37)17-7-11-36(12-8-17)28(39)25-22(29)3-2-9-31-25/h2-6,9-10,13-17H,7-8,11-12,29-30H2,1H3. The van der Waals surface area contributed by atoms with Crippen molar-refractivity contribution in [3.05, 3.63) is 78.3 Å². The molecular weight excluding hydrogens is 494 g/mol. The number of aromatic nitrogens is 6. The first-order chi connectivity index (χ1) is 18.9. The summed E-state index contributed by atoms with van der Waals surface area (Å²) in [5.41, 5.74) is 18.0. The van der Waals surface area contributed by atoms with Crippen molar-refractivity contribution >= 4 is 29.3 Å². The summed E-state index contributed by atoms with van der Waals surface area (Å²) in [7, 11) is 1.97. The van der Waals surface area contributed by atoms with E-state index in [1.807, 2.05) is 42.2 Å². The largest absolute Gasteiger partial charge is 0.397 e. The predicted octanol–water partition coefficient (Wildman–Crippen LogP) is 3.19. The maximum absolute atomic E-state index is 13.0. The third kappa shape index (κ3) is 4.27. The molecule has 1 saturated heterocycles. The lowest BCUT2D eigenvalue weighted by molar-refractivity contribution is 0.0706. The van der Waals surface area contributed by atoms with Crippen LogP contribution in [0.3, 0.4) is 0 Å². The zero-order valence-corrected chi connectivity index (χ0v) is 21.4. The zero-order chi connectivity index (χ0) is 27.1. The van der Waals surface area contributed by atoms with Crippen LogP contribution < -0.4 is 11.5 Å². The van der Waals surface area contributed by atoms with Crippen LogP contribution >= 0.6 is 0 Å². The molecule has 0 spiro atoms. The third-order valence-electron chi connectivity index (χ3n) is 7.28. The van der Waals surface area contributed by atoms with Crippen molar-refractivity contribution in [3.63, 3.8) is 0 Å². The number of rotatable bonds is 5. The molecule has 6 rings (SSSR count). The molecule has 4 N–H and O–H groups in total. The molecule has 0 aromatic carbocycles. The van der Waals surface area contributed by atoms with E-state index >= 15 is 0 Å². The smallest absolute Gasteiger partial charge is 0.274 e. The average Bonchev–Trinajstić information content (AvgIpc) is 3.60. The molecule has 0 unspecified atom stereocenters. The molecule has 0 atom stereocenters. The second-order valence-corrected chi connectivity index (χ2v) is 9.71. The van der Waals surface area contributed by atoms with Gasteiger partial charge >= 0.3 is 0 Å². The number of carbonyl (C=O) groups excluding carboxylic acids is 2. The number of hydrogen-bond acceptors (Lipinski definition) is 8. The minimum absolute atomic E-state index is 0.0519. The first-order valence-corrected chi connectivity index (χ1v) is 12.7. The lowest BCUT2D eigenvalue weighted by Gasteiger charge is -2.32. The maximum Gasteiger partial charge on any atom is 0.274 e. The van der Waals surface area contributed by atoms with Crippen molar-refractivity contribution in [2.45, 2.75) is 18.8 Å². The Balaban J connectivity index is 1.30. The van der Waals surface area contributed by atoms with E-state index in [0.717, 1.165) is 28.7 Å². The number of nitrogen functional groups attached to an aromatic ring is 2. The minimum atomic E-state index is -0.199. The molecule has 11 nitrogen and oxygen atoms in total. The van der Waals surface area contributed by atoms with E-state index in [-0.39, 0.29) is 23.3 Å². The number of likely N-dealkylation sites (tertiary alicyclic amines) is 1. The van der Waals surface area contributed by atoms with Gasteiger partial charge in [-0.25, -0.2) is 9.97 Å². The molecule has 11 heteroatoms. The van der Waals surface area contributed by atoms with E-state index < -0.39 is 0 Å². The highest BCUT2D eigenvalue weighted by Crippen LogP contribution is 2.34. The Morgan fingerprint density at radius 3 is 2.54 bits per heavy atom. The molecule has 196 valence electrons. The number of amides is 1. The Morgan fingerprint density at radius 1 is 1.05 bits per heavy atom. The third-order valence-corrected chi connectivity index (χ3v) is 7.28. The van der Waals surface area contributed by atoms with Crippen LogP contribution in [0, 0.1) is 0 Å². The van der Waals surface area contributed by atoms with Crippen molar-refractivity contribution in [1.82, 2.24) is 34.0 Å². The lowest BCUT2D eigenvalue weighted by Crippen LogP contribution is -2.39. The van der Waals surface area contributed by atoms with Crippen LogP contribution in [0.15, 0.2) is 61.3 Å². The molecule has 0 bridgehead atoms. The first kappa shape index (κ1) is 24.3. The van der Waals surface area contributed by atoms with Gasteiger partial charge in [0.2, 0.25) is 0 Å². The molecule has 1 fully saturated rings. The number of hydrogen-bond donors (Lipinski definition) is 2. The number of nitrogens with two attached hydrogens (primary N) is 2. The lowest BCUT2D eigenvalue weighted by atomic mass is 9.90. The summed E-state index contributed by atoms with van der Waals surface area (Å²) >= 11 is 0. The summed E-state index contributed by atoms with van der Waals surface area (Å²) < 4.78 is 3.47. The Kier molecular flexibility index (Phi) is 6.02. The Labute approximate surface area is 224 Å². The summed E-state index contributed by atoms with van der Waals surface area (Å²) in [6, 6.07) is 9.31. The number of carbonyl (C=O) groups is 2. The molecule has 1 amide bonds. The Bertz CT molecular complexity index is 1700. The monoisotopic (exact) mass is 521 g/mol. The van der Waals surface area contributed by atoms with Crippen LogP contribution in [0.1, 0.15) is 45.3 Å². The van der Waals surface area contributed by atoms with Gasteiger partial charge in [0.1, 0.15) is 5.82 Å². The van der Waals surface area contributed by atoms with Crippen molar-refractivity contribution < 1.29 is 9.59 Å². The van der Waals surface area contributed by atoms with Gasteiger partial charge in [0.25, 0.3) is 5.91 Å². The number of aryl methyl sites for hydroxylation is 1. The van der Waals surface area contributed by atoms with E-state index in [1.54, 1.807) is 35.6 Å². The number of aldehydes is 1. The van der Waals surface area contributed by atoms with Crippen molar-refractivity contribution in [2.75, 3.05) is 24.6 Å². The van der Waals surface area contributed by atoms with E-state index in [4.69, 9.17) is 16.5 Å². The molecule has 6 heterocycles. The SMILES string of the molecule is Cn1ccc(-c2ccc(-c3cnn4c(N)c(C=O)c(C5CCN(C(=O)c6ncccc6N)CC5)nc34)cn2)c1. The van der Waals surface area contributed by atoms with Crippen LogP contribution in [0.25, 0.3) is 28.0 Å². The topological polar surface area (TPSA) is 150 Å². The molecule has 5 aromatic rings. The highest BCUT2D eigenvalue weighted by molar-refractivity contribution is 5.97. The summed E-state index contributed by atoms with van der Waals surface area (Å²) in [5, 5.41) is 4.42. The number of pyridine rings is 2. The fraction of sp³-hybridized carbons (Fsp3) is 0.214. The predicted molar refractivity (Wildman–Crippen MR) is 147 cm³/mol. The Morgan fingerprint density at radius 2 is 1.87 bits per heavy atom. The Hall–Kier alpha value is -5.06. The highest BCUT2D eigenvalue weighted by atomic mass is 16.2. The minimum Gasteiger partial charge on any atom is -0.397 e. The fourth-order valence-electron chi connectivity index (χ4n) is 5.16. The number of piperidine rings is 1. The van der Waals surface area contributed by atoms with Gasteiger partial charge in [-0.2, -0.15) is 9.61 Å².